The van der Waals surface area contributed by atoms with Crippen LogP contribution in [-0.4, -0.2) is 24.1 Å². The second-order valence-corrected chi connectivity index (χ2v) is 5.26. The minimum Gasteiger partial charge on any atom is -0.273 e. The molecule has 0 radical (unpaired) electrons. The van der Waals surface area contributed by atoms with E-state index in [2.05, 4.69) is 22.9 Å². The number of benzene rings is 1. The van der Waals surface area contributed by atoms with Gasteiger partial charge in [-0.3, -0.25) is 9.63 Å². The Morgan fingerprint density at radius 2 is 2.18 bits per heavy atom. The van der Waals surface area contributed by atoms with E-state index in [1.807, 2.05) is 24.3 Å². The summed E-state index contributed by atoms with van der Waals surface area (Å²) >= 11 is 3.40. The average Bonchev–Trinajstić information content (AvgIpc) is 2.83. The number of hydrogen-bond donors (Lipinski definition) is 0. The molecule has 92 valence electrons. The predicted molar refractivity (Wildman–Crippen MR) is 69.5 cm³/mol. The zero-order valence-corrected chi connectivity index (χ0v) is 11.4. The van der Waals surface area contributed by atoms with Crippen LogP contribution in [0.5, 0.6) is 0 Å². The highest BCUT2D eigenvalue weighted by Crippen LogP contribution is 2.22. The fourth-order valence-electron chi connectivity index (χ4n) is 1.92. The number of hydroxylamine groups is 2. The van der Waals surface area contributed by atoms with Crippen LogP contribution in [0.25, 0.3) is 0 Å². The first kappa shape index (κ1) is 12.6. The van der Waals surface area contributed by atoms with Crippen LogP contribution in [0.1, 0.15) is 31.2 Å². The Morgan fingerprint density at radius 1 is 1.47 bits per heavy atom. The minimum atomic E-state index is 0.0814. The summed E-state index contributed by atoms with van der Waals surface area (Å²) in [5.74, 6) is 0.303. The molecule has 2 rings (SSSR count). The lowest BCUT2D eigenvalue weighted by molar-refractivity contribution is -0.169. The van der Waals surface area contributed by atoms with Crippen LogP contribution < -0.4 is 0 Å². The highest BCUT2D eigenvalue weighted by Gasteiger charge is 2.21. The van der Waals surface area contributed by atoms with Gasteiger partial charge in [0.1, 0.15) is 0 Å². The van der Waals surface area contributed by atoms with Gasteiger partial charge in [0.15, 0.2) is 0 Å². The Labute approximate surface area is 110 Å². The quantitative estimate of drug-likeness (QED) is 0.858. The fourth-order valence-corrected chi connectivity index (χ4v) is 2.18. The summed E-state index contributed by atoms with van der Waals surface area (Å²) in [4.78, 5) is 17.1. The first-order valence-corrected chi connectivity index (χ1v) is 6.65. The van der Waals surface area contributed by atoms with Gasteiger partial charge in [-0.2, -0.15) is 0 Å². The summed E-state index contributed by atoms with van der Waals surface area (Å²) in [6.45, 7) is 3.46. The zero-order chi connectivity index (χ0) is 12.3. The number of carbonyl (C=O) groups is 1. The van der Waals surface area contributed by atoms with Crippen molar-refractivity contribution in [3.63, 3.8) is 0 Å². The normalized spacial score (nSPS) is 17.2. The molecule has 1 amide bonds. The number of amides is 1. The Hall–Kier alpha value is -0.870. The molecule has 0 N–H and O–H groups in total. The second-order valence-electron chi connectivity index (χ2n) is 4.34. The average molecular weight is 298 g/mol. The van der Waals surface area contributed by atoms with Gasteiger partial charge in [-0.15, -0.1) is 0 Å². The Kier molecular flexibility index (Phi) is 4.18. The van der Waals surface area contributed by atoms with Gasteiger partial charge in [0.2, 0.25) is 5.91 Å². The molecule has 0 bridgehead atoms. The highest BCUT2D eigenvalue weighted by molar-refractivity contribution is 9.10. The summed E-state index contributed by atoms with van der Waals surface area (Å²) in [5, 5.41) is 1.50. The first-order valence-electron chi connectivity index (χ1n) is 5.85. The highest BCUT2D eigenvalue weighted by atomic mass is 79.9. The van der Waals surface area contributed by atoms with E-state index in [0.717, 1.165) is 17.4 Å². The lowest BCUT2D eigenvalue weighted by Gasteiger charge is -2.17. The Morgan fingerprint density at radius 3 is 2.76 bits per heavy atom. The molecule has 1 aromatic carbocycles. The topological polar surface area (TPSA) is 29.5 Å². The molecule has 0 aliphatic carbocycles. The maximum atomic E-state index is 11.9. The second kappa shape index (κ2) is 5.65. The van der Waals surface area contributed by atoms with E-state index in [1.54, 1.807) is 0 Å². The van der Waals surface area contributed by atoms with Crippen LogP contribution in [0.2, 0.25) is 0 Å². The molecule has 1 fully saturated rings. The van der Waals surface area contributed by atoms with Gasteiger partial charge >= 0.3 is 0 Å². The predicted octanol–water partition coefficient (Wildman–Crippen LogP) is 3.11. The molecule has 17 heavy (non-hydrogen) atoms. The molecule has 1 aliphatic heterocycles. The molecule has 1 aromatic rings. The molecular formula is C13H16BrNO2. The van der Waals surface area contributed by atoms with Crippen LogP contribution in [-0.2, 0) is 9.63 Å². The molecule has 3 nitrogen and oxygen atoms in total. The van der Waals surface area contributed by atoms with Crippen molar-refractivity contribution in [3.8, 4) is 0 Å². The van der Waals surface area contributed by atoms with Gasteiger partial charge in [0, 0.05) is 10.9 Å². The van der Waals surface area contributed by atoms with E-state index >= 15 is 0 Å². The largest absolute Gasteiger partial charge is 0.273 e. The molecule has 1 unspecified atom stereocenters. The monoisotopic (exact) mass is 297 g/mol. The smallest absolute Gasteiger partial charge is 0.246 e. The maximum absolute atomic E-state index is 11.9. The zero-order valence-electron chi connectivity index (χ0n) is 9.86. The Balaban J connectivity index is 1.93. The number of carbonyl (C=O) groups excluding carboxylic acids is 1. The molecule has 1 atom stereocenters. The maximum Gasteiger partial charge on any atom is 0.246 e. The molecule has 1 aliphatic rings. The molecular weight excluding hydrogens is 282 g/mol. The van der Waals surface area contributed by atoms with Gasteiger partial charge in [-0.05, 0) is 30.0 Å². The van der Waals surface area contributed by atoms with E-state index in [-0.39, 0.29) is 11.8 Å². The van der Waals surface area contributed by atoms with Crippen molar-refractivity contribution in [2.45, 2.75) is 25.7 Å². The molecule has 1 heterocycles. The third-order valence-electron chi connectivity index (χ3n) is 2.95. The van der Waals surface area contributed by atoms with Crippen molar-refractivity contribution in [1.82, 2.24) is 5.06 Å². The summed E-state index contributed by atoms with van der Waals surface area (Å²) in [7, 11) is 0. The van der Waals surface area contributed by atoms with Crippen molar-refractivity contribution in [1.29, 1.82) is 0 Å². The van der Waals surface area contributed by atoms with Crippen molar-refractivity contribution >= 4 is 21.8 Å². The summed E-state index contributed by atoms with van der Waals surface area (Å²) < 4.78 is 1.06. The van der Waals surface area contributed by atoms with E-state index in [9.17, 15) is 4.79 Å². The standard InChI is InChI=1S/C13H16BrNO2/c1-10(11-3-5-12(14)6-4-11)9-13(16)15-7-2-8-17-15/h3-6,10H,2,7-9H2,1H3. The molecule has 1 saturated heterocycles. The van der Waals surface area contributed by atoms with Crippen LogP contribution in [0.15, 0.2) is 28.7 Å². The molecule has 4 heteroatoms. The first-order chi connectivity index (χ1) is 8.16. The summed E-state index contributed by atoms with van der Waals surface area (Å²) in [5.41, 5.74) is 1.18. The van der Waals surface area contributed by atoms with Crippen LogP contribution >= 0.6 is 15.9 Å². The van der Waals surface area contributed by atoms with Crippen molar-refractivity contribution < 1.29 is 9.63 Å². The summed E-state index contributed by atoms with van der Waals surface area (Å²) in [6, 6.07) is 8.10. The van der Waals surface area contributed by atoms with Crippen LogP contribution in [0.4, 0.5) is 0 Å². The van der Waals surface area contributed by atoms with E-state index in [0.29, 0.717) is 13.0 Å². The minimum absolute atomic E-state index is 0.0814. The van der Waals surface area contributed by atoms with Gasteiger partial charge < -0.3 is 0 Å². The van der Waals surface area contributed by atoms with Crippen molar-refractivity contribution in [2.24, 2.45) is 0 Å². The lowest BCUT2D eigenvalue weighted by atomic mass is 9.97. The third-order valence-corrected chi connectivity index (χ3v) is 3.48. The number of rotatable bonds is 3. The van der Waals surface area contributed by atoms with E-state index in [1.165, 1.54) is 10.6 Å². The fraction of sp³-hybridized carbons (Fsp3) is 0.462. The van der Waals surface area contributed by atoms with Gasteiger partial charge in [-0.25, -0.2) is 5.06 Å². The molecule has 0 spiro atoms. The molecule has 0 saturated carbocycles. The lowest BCUT2D eigenvalue weighted by Crippen LogP contribution is -2.27. The van der Waals surface area contributed by atoms with Crippen molar-refractivity contribution in [3.05, 3.63) is 34.3 Å². The molecule has 0 aromatic heterocycles. The number of nitrogens with zero attached hydrogens (tertiary/aromatic N) is 1. The van der Waals surface area contributed by atoms with Crippen molar-refractivity contribution in [2.75, 3.05) is 13.2 Å². The van der Waals surface area contributed by atoms with E-state index < -0.39 is 0 Å². The number of hydrogen-bond acceptors (Lipinski definition) is 2. The third kappa shape index (κ3) is 3.30. The van der Waals surface area contributed by atoms with E-state index in [4.69, 9.17) is 4.84 Å². The van der Waals surface area contributed by atoms with Crippen LogP contribution in [0, 0.1) is 0 Å². The van der Waals surface area contributed by atoms with Crippen LogP contribution in [0.3, 0.4) is 0 Å². The summed E-state index contributed by atoms with van der Waals surface area (Å²) in [6.07, 6.45) is 1.44. The van der Waals surface area contributed by atoms with Gasteiger partial charge in [0.05, 0.1) is 13.2 Å². The van der Waals surface area contributed by atoms with Gasteiger partial charge in [-0.1, -0.05) is 35.0 Å². The SMILES string of the molecule is CC(CC(=O)N1CCCO1)c1ccc(Br)cc1. The number of halogens is 1. The Bertz CT molecular complexity index is 385. The van der Waals surface area contributed by atoms with Gasteiger partial charge in [0.25, 0.3) is 0 Å².